The summed E-state index contributed by atoms with van der Waals surface area (Å²) in [4.78, 5) is 6.00. The van der Waals surface area contributed by atoms with Gasteiger partial charge in [-0.15, -0.1) is 22.7 Å². The van der Waals surface area contributed by atoms with E-state index < -0.39 is 0 Å². The van der Waals surface area contributed by atoms with Crippen LogP contribution < -0.4 is 5.32 Å². The minimum absolute atomic E-state index is 0.778. The molecule has 1 N–H and O–H groups in total. The number of hydrogen-bond donors (Lipinski definition) is 1. The minimum Gasteiger partial charge on any atom is -0.316 e. The molecule has 1 aliphatic rings. The maximum Gasteiger partial charge on any atom is 0.133 e. The first-order valence-corrected chi connectivity index (χ1v) is 8.21. The predicted molar refractivity (Wildman–Crippen MR) is 77.8 cm³/mol. The van der Waals surface area contributed by atoms with Crippen LogP contribution in [0.15, 0.2) is 21.3 Å². The van der Waals surface area contributed by atoms with Crippen molar-refractivity contribution >= 4 is 38.6 Å². The summed E-state index contributed by atoms with van der Waals surface area (Å²) < 4.78 is 1.17. The van der Waals surface area contributed by atoms with Crippen molar-refractivity contribution in [1.82, 2.24) is 10.3 Å². The molecule has 1 unspecified atom stereocenters. The van der Waals surface area contributed by atoms with Gasteiger partial charge in [0.25, 0.3) is 0 Å². The molecule has 0 aliphatic carbocycles. The maximum absolute atomic E-state index is 4.74. The summed E-state index contributed by atoms with van der Waals surface area (Å²) in [6.07, 6.45) is 2.41. The van der Waals surface area contributed by atoms with Crippen LogP contribution in [0.4, 0.5) is 0 Å². The van der Waals surface area contributed by atoms with Crippen LogP contribution in [0.2, 0.25) is 0 Å². The fourth-order valence-electron chi connectivity index (χ4n) is 2.13. The predicted octanol–water partition coefficient (Wildman–Crippen LogP) is 3.79. The van der Waals surface area contributed by atoms with Crippen molar-refractivity contribution in [2.45, 2.75) is 12.8 Å². The molecular formula is C12H13BrN2S2. The number of nitrogens with zero attached hydrogens (tertiary/aromatic N) is 1. The third kappa shape index (κ3) is 2.78. The van der Waals surface area contributed by atoms with Gasteiger partial charge in [-0.1, -0.05) is 0 Å². The first-order chi connectivity index (χ1) is 8.31. The number of nitrogens with one attached hydrogen (secondary N) is 1. The lowest BCUT2D eigenvalue weighted by Crippen LogP contribution is -2.10. The van der Waals surface area contributed by atoms with Gasteiger partial charge in [0.05, 0.1) is 14.4 Å². The summed E-state index contributed by atoms with van der Waals surface area (Å²) in [6, 6.07) is 4.22. The van der Waals surface area contributed by atoms with E-state index in [1.54, 1.807) is 22.7 Å². The van der Waals surface area contributed by atoms with Gasteiger partial charge in [0.2, 0.25) is 0 Å². The Balaban J connectivity index is 1.73. The van der Waals surface area contributed by atoms with Crippen LogP contribution in [-0.2, 0) is 6.42 Å². The topological polar surface area (TPSA) is 24.9 Å². The van der Waals surface area contributed by atoms with Crippen molar-refractivity contribution in [3.05, 3.63) is 27.0 Å². The van der Waals surface area contributed by atoms with Gasteiger partial charge in [0.15, 0.2) is 0 Å². The average Bonchev–Trinajstić information content (AvgIpc) is 2.99. The Bertz CT molecular complexity index is 500. The molecule has 2 nitrogen and oxygen atoms in total. The first kappa shape index (κ1) is 11.8. The van der Waals surface area contributed by atoms with E-state index in [-0.39, 0.29) is 0 Å². The number of thiophene rings is 1. The average molecular weight is 329 g/mol. The zero-order chi connectivity index (χ0) is 11.7. The van der Waals surface area contributed by atoms with Gasteiger partial charge in [-0.25, -0.2) is 4.98 Å². The molecule has 0 bridgehead atoms. The Hall–Kier alpha value is -0.230. The monoisotopic (exact) mass is 328 g/mol. The number of aromatic nitrogens is 1. The highest BCUT2D eigenvalue weighted by atomic mass is 79.9. The van der Waals surface area contributed by atoms with Gasteiger partial charge in [-0.05, 0) is 59.9 Å². The van der Waals surface area contributed by atoms with E-state index in [1.807, 2.05) is 0 Å². The smallest absolute Gasteiger partial charge is 0.133 e. The molecule has 0 radical (unpaired) electrons. The lowest BCUT2D eigenvalue weighted by atomic mass is 10.0. The summed E-state index contributed by atoms with van der Waals surface area (Å²) in [6.45, 7) is 2.32. The standard InChI is InChI=1S/C12H13BrN2S2/c13-11-2-1-10(17-11)12-15-9(7-16-12)5-8-3-4-14-6-8/h1-2,7-8,14H,3-6H2. The highest BCUT2D eigenvalue weighted by Crippen LogP contribution is 2.33. The molecule has 17 heavy (non-hydrogen) atoms. The third-order valence-electron chi connectivity index (χ3n) is 3.00. The van der Waals surface area contributed by atoms with E-state index in [1.165, 1.54) is 27.3 Å². The Morgan fingerprint density at radius 3 is 3.12 bits per heavy atom. The van der Waals surface area contributed by atoms with Crippen LogP contribution in [0, 0.1) is 5.92 Å². The molecular weight excluding hydrogens is 316 g/mol. The molecule has 1 atom stereocenters. The van der Waals surface area contributed by atoms with Crippen molar-refractivity contribution in [2.24, 2.45) is 5.92 Å². The fraction of sp³-hybridized carbons (Fsp3) is 0.417. The zero-order valence-corrected chi connectivity index (χ0v) is 12.5. The quantitative estimate of drug-likeness (QED) is 0.927. The van der Waals surface area contributed by atoms with Crippen LogP contribution in [0.3, 0.4) is 0 Å². The number of hydrogen-bond acceptors (Lipinski definition) is 4. The second kappa shape index (κ2) is 5.18. The molecule has 2 aromatic heterocycles. The van der Waals surface area contributed by atoms with Gasteiger partial charge < -0.3 is 5.32 Å². The van der Waals surface area contributed by atoms with Crippen LogP contribution >= 0.6 is 38.6 Å². The lowest BCUT2D eigenvalue weighted by molar-refractivity contribution is 0.574. The van der Waals surface area contributed by atoms with Crippen LogP contribution in [-0.4, -0.2) is 18.1 Å². The molecule has 0 spiro atoms. The summed E-state index contributed by atoms with van der Waals surface area (Å²) in [7, 11) is 0. The van der Waals surface area contributed by atoms with E-state index in [9.17, 15) is 0 Å². The zero-order valence-electron chi connectivity index (χ0n) is 9.28. The molecule has 3 heterocycles. The van der Waals surface area contributed by atoms with Crippen molar-refractivity contribution in [2.75, 3.05) is 13.1 Å². The maximum atomic E-state index is 4.74. The molecule has 90 valence electrons. The van der Waals surface area contributed by atoms with E-state index in [0.29, 0.717) is 0 Å². The van der Waals surface area contributed by atoms with Crippen molar-refractivity contribution in [3.8, 4) is 9.88 Å². The summed E-state index contributed by atoms with van der Waals surface area (Å²) in [5, 5.41) is 6.77. The molecule has 1 aliphatic heterocycles. The molecule has 0 saturated carbocycles. The molecule has 0 amide bonds. The van der Waals surface area contributed by atoms with Crippen molar-refractivity contribution in [3.63, 3.8) is 0 Å². The normalized spacial score (nSPS) is 19.9. The Labute approximate surface area is 117 Å². The third-order valence-corrected chi connectivity index (χ3v) is 5.68. The summed E-state index contributed by atoms with van der Waals surface area (Å²) in [5.41, 5.74) is 1.25. The van der Waals surface area contributed by atoms with E-state index >= 15 is 0 Å². The van der Waals surface area contributed by atoms with Crippen LogP contribution in [0.5, 0.6) is 0 Å². The second-order valence-electron chi connectivity index (χ2n) is 4.31. The largest absolute Gasteiger partial charge is 0.316 e. The summed E-state index contributed by atoms with van der Waals surface area (Å²) in [5.74, 6) is 0.778. The van der Waals surface area contributed by atoms with Gasteiger partial charge in [0.1, 0.15) is 5.01 Å². The van der Waals surface area contributed by atoms with Gasteiger partial charge in [-0.3, -0.25) is 0 Å². The highest BCUT2D eigenvalue weighted by molar-refractivity contribution is 9.11. The second-order valence-corrected chi connectivity index (χ2v) is 7.63. The van der Waals surface area contributed by atoms with Crippen molar-refractivity contribution in [1.29, 1.82) is 0 Å². The van der Waals surface area contributed by atoms with Gasteiger partial charge in [-0.2, -0.15) is 0 Å². The number of rotatable bonds is 3. The van der Waals surface area contributed by atoms with Crippen LogP contribution in [0.1, 0.15) is 12.1 Å². The van der Waals surface area contributed by atoms with Gasteiger partial charge in [0, 0.05) is 5.38 Å². The number of halogens is 1. The van der Waals surface area contributed by atoms with Crippen LogP contribution in [0.25, 0.3) is 9.88 Å². The number of thiazole rings is 1. The van der Waals surface area contributed by atoms with Gasteiger partial charge >= 0.3 is 0 Å². The fourth-order valence-corrected chi connectivity index (χ4v) is 4.42. The SMILES string of the molecule is Brc1ccc(-c2nc(CC3CCNC3)cs2)s1. The van der Waals surface area contributed by atoms with E-state index in [0.717, 1.165) is 23.9 Å². The molecule has 1 fully saturated rings. The molecule has 3 rings (SSSR count). The lowest BCUT2D eigenvalue weighted by Gasteiger charge is -2.03. The van der Waals surface area contributed by atoms with E-state index in [4.69, 9.17) is 4.98 Å². The summed E-state index contributed by atoms with van der Waals surface area (Å²) >= 11 is 7.00. The molecule has 5 heteroatoms. The Kier molecular flexibility index (Phi) is 3.61. The van der Waals surface area contributed by atoms with Crippen molar-refractivity contribution < 1.29 is 0 Å². The molecule has 0 aromatic carbocycles. The Morgan fingerprint density at radius 2 is 2.41 bits per heavy atom. The molecule has 2 aromatic rings. The van der Waals surface area contributed by atoms with E-state index in [2.05, 4.69) is 38.8 Å². The highest BCUT2D eigenvalue weighted by Gasteiger charge is 2.16. The first-order valence-electron chi connectivity index (χ1n) is 5.72. The minimum atomic E-state index is 0.778. The molecule has 1 saturated heterocycles. The Morgan fingerprint density at radius 1 is 1.47 bits per heavy atom.